The van der Waals surface area contributed by atoms with Gasteiger partial charge in [-0.2, -0.15) is 0 Å². The van der Waals surface area contributed by atoms with Crippen molar-refractivity contribution in [1.29, 1.82) is 0 Å². The van der Waals surface area contributed by atoms with Crippen molar-refractivity contribution in [1.82, 2.24) is 4.44 Å². The van der Waals surface area contributed by atoms with Gasteiger partial charge in [0.05, 0.1) is 0 Å². The van der Waals surface area contributed by atoms with E-state index in [-0.39, 0.29) is 0 Å². The molecule has 0 N–H and O–H groups in total. The summed E-state index contributed by atoms with van der Waals surface area (Å²) in [4.78, 5) is 0. The van der Waals surface area contributed by atoms with Gasteiger partial charge < -0.3 is 0 Å². The van der Waals surface area contributed by atoms with E-state index >= 15 is 0 Å². The number of hydrogen-bond acceptors (Lipinski definition) is 1. The van der Waals surface area contributed by atoms with Crippen LogP contribution in [0.1, 0.15) is 41.0 Å². The van der Waals surface area contributed by atoms with Crippen molar-refractivity contribution in [2.45, 2.75) is 41.0 Å². The fourth-order valence-electron chi connectivity index (χ4n) is 1.96. The Morgan fingerprint density at radius 2 is 1.06 bits per heavy atom. The molecule has 0 saturated heterocycles. The summed E-state index contributed by atoms with van der Waals surface area (Å²) in [6.07, 6.45) is 6.52. The quantitative estimate of drug-likeness (QED) is 0.448. The van der Waals surface area contributed by atoms with E-state index in [2.05, 4.69) is 69.3 Å². The molecule has 0 rings (SSSR count). The van der Waals surface area contributed by atoms with E-state index in [1.165, 1.54) is 37.6 Å². The van der Waals surface area contributed by atoms with Crippen LogP contribution in [-0.4, -0.2) is 65.8 Å². The summed E-state index contributed by atoms with van der Waals surface area (Å²) < 4.78 is 2.89. The molecule has 0 bridgehead atoms. The van der Waals surface area contributed by atoms with Gasteiger partial charge in [0.15, 0.2) is 0 Å². The van der Waals surface area contributed by atoms with Crippen LogP contribution in [-0.2, 0) is 0 Å². The van der Waals surface area contributed by atoms with Gasteiger partial charge >= 0.3 is 118 Å². The normalized spacial score (nSPS) is 13.4. The topological polar surface area (TPSA) is 3.24 Å². The third kappa shape index (κ3) is 4.20. The number of rotatable bonds is 8. The molecule has 98 valence electrons. The zero-order chi connectivity index (χ0) is 12.8. The Bertz CT molecular complexity index is 250. The first-order valence-electron chi connectivity index (χ1n) is 6.38. The molecule has 0 saturated carbocycles. The maximum atomic E-state index is 3.59. The standard InChI is InChI=1S/C11H27NP2Se2/c1-6-11-12(13(15,7-2)8-3)14(16,9-4)10-5/h6-11H2,1-5H3. The van der Waals surface area contributed by atoms with Gasteiger partial charge in [-0.3, -0.25) is 0 Å². The van der Waals surface area contributed by atoms with Crippen molar-refractivity contribution < 1.29 is 0 Å². The minimum atomic E-state index is -0.986. The monoisotopic (exact) mass is 395 g/mol. The zero-order valence-electron chi connectivity index (χ0n) is 11.4. The van der Waals surface area contributed by atoms with Crippen molar-refractivity contribution in [2.75, 3.05) is 31.2 Å². The van der Waals surface area contributed by atoms with Gasteiger partial charge in [-0.25, -0.2) is 0 Å². The molecular formula is C11H27NP2Se2. The van der Waals surface area contributed by atoms with E-state index < -0.39 is 11.3 Å². The van der Waals surface area contributed by atoms with Crippen LogP contribution in [0, 0.1) is 0 Å². The molecule has 0 atom stereocenters. The third-order valence-corrected chi connectivity index (χ3v) is 21.9. The average molecular weight is 393 g/mol. The molecule has 0 aromatic carbocycles. The van der Waals surface area contributed by atoms with E-state index in [0.717, 1.165) is 0 Å². The van der Waals surface area contributed by atoms with Gasteiger partial charge in [-0.1, -0.05) is 0 Å². The molecule has 0 radical (unpaired) electrons. The molecule has 1 nitrogen and oxygen atoms in total. The molecule has 0 aliphatic rings. The second kappa shape index (κ2) is 8.11. The van der Waals surface area contributed by atoms with Crippen LogP contribution in [0.25, 0.3) is 0 Å². The summed E-state index contributed by atoms with van der Waals surface area (Å²) in [5.74, 6) is 0. The predicted molar refractivity (Wildman–Crippen MR) is 84.5 cm³/mol. The van der Waals surface area contributed by atoms with Crippen LogP contribution in [0.15, 0.2) is 0 Å². The van der Waals surface area contributed by atoms with Gasteiger partial charge in [0.2, 0.25) is 0 Å². The van der Waals surface area contributed by atoms with Gasteiger partial charge in [0, 0.05) is 0 Å². The first-order chi connectivity index (χ1) is 7.44. The summed E-state index contributed by atoms with van der Waals surface area (Å²) in [7, 11) is 0. The third-order valence-electron chi connectivity index (χ3n) is 3.24. The Labute approximate surface area is 118 Å². The van der Waals surface area contributed by atoms with Crippen LogP contribution in [0.5, 0.6) is 0 Å². The Hall–Kier alpha value is 1.86. The second-order valence-corrected chi connectivity index (χ2v) is 19.8. The van der Waals surface area contributed by atoms with Crippen LogP contribution >= 0.6 is 11.3 Å². The zero-order valence-corrected chi connectivity index (χ0v) is 16.6. The summed E-state index contributed by atoms with van der Waals surface area (Å²) in [5.41, 5.74) is -1.97. The van der Waals surface area contributed by atoms with Gasteiger partial charge in [-0.15, -0.1) is 0 Å². The molecule has 5 heteroatoms. The number of nitrogens with zero attached hydrogens (tertiary/aromatic N) is 1. The van der Waals surface area contributed by atoms with Gasteiger partial charge in [-0.05, 0) is 0 Å². The van der Waals surface area contributed by atoms with E-state index in [9.17, 15) is 0 Å². The summed E-state index contributed by atoms with van der Waals surface area (Å²) in [5, 5.41) is 0. The molecular weight excluding hydrogens is 366 g/mol. The van der Waals surface area contributed by atoms with Gasteiger partial charge in [0.1, 0.15) is 0 Å². The Kier molecular flexibility index (Phi) is 9.06. The minimum absolute atomic E-state index is 0.986. The first-order valence-corrected chi connectivity index (χ1v) is 15.0. The molecule has 0 aromatic rings. The van der Waals surface area contributed by atoms with Crippen LogP contribution < -0.4 is 0 Å². The summed E-state index contributed by atoms with van der Waals surface area (Å²) >= 11 is 7.19. The predicted octanol–water partition coefficient (Wildman–Crippen LogP) is 3.81. The summed E-state index contributed by atoms with van der Waals surface area (Å²) in [6.45, 7) is 13.0. The molecule has 16 heavy (non-hydrogen) atoms. The fourth-order valence-corrected chi connectivity index (χ4v) is 17.6. The molecule has 0 fully saturated rings. The van der Waals surface area contributed by atoms with Crippen molar-refractivity contribution in [3.8, 4) is 0 Å². The van der Waals surface area contributed by atoms with Gasteiger partial charge in [0.25, 0.3) is 0 Å². The molecule has 0 unspecified atom stereocenters. The Morgan fingerprint density at radius 3 is 1.25 bits per heavy atom. The first kappa shape index (κ1) is 17.9. The van der Waals surface area contributed by atoms with Crippen LogP contribution in [0.2, 0.25) is 0 Å². The van der Waals surface area contributed by atoms with Crippen molar-refractivity contribution in [3.05, 3.63) is 0 Å². The van der Waals surface area contributed by atoms with E-state index in [1.807, 2.05) is 0 Å². The molecule has 0 aliphatic carbocycles. The Balaban J connectivity index is 5.29. The molecule has 0 spiro atoms. The number of hydrogen-bond donors (Lipinski definition) is 0. The van der Waals surface area contributed by atoms with Crippen LogP contribution in [0.3, 0.4) is 0 Å². The molecule has 0 aromatic heterocycles. The summed E-state index contributed by atoms with van der Waals surface area (Å²) in [6, 6.07) is 0. The van der Waals surface area contributed by atoms with E-state index in [1.54, 1.807) is 0 Å². The maximum absolute atomic E-state index is 3.59. The average Bonchev–Trinajstić information content (AvgIpc) is 2.34. The Morgan fingerprint density at radius 1 is 0.750 bits per heavy atom. The second-order valence-electron chi connectivity index (χ2n) is 4.05. The molecule has 0 heterocycles. The van der Waals surface area contributed by atoms with Crippen molar-refractivity contribution in [2.24, 2.45) is 0 Å². The molecule has 0 aliphatic heterocycles. The van der Waals surface area contributed by atoms with Crippen LogP contribution in [0.4, 0.5) is 0 Å². The van der Waals surface area contributed by atoms with E-state index in [4.69, 9.17) is 0 Å². The van der Waals surface area contributed by atoms with Crippen molar-refractivity contribution >= 4 is 41.5 Å². The molecule has 0 amide bonds. The SMILES string of the molecule is CCCN(P(=[Se])(CC)CC)P(=[Se])(CC)CC. The van der Waals surface area contributed by atoms with E-state index in [0.29, 0.717) is 0 Å². The fraction of sp³-hybridized carbons (Fsp3) is 1.00. The van der Waals surface area contributed by atoms with Crippen molar-refractivity contribution in [3.63, 3.8) is 0 Å².